The van der Waals surface area contributed by atoms with Gasteiger partial charge in [-0.25, -0.2) is 0 Å². The van der Waals surface area contributed by atoms with Crippen molar-refractivity contribution in [2.75, 3.05) is 12.4 Å². The van der Waals surface area contributed by atoms with Crippen LogP contribution < -0.4 is 0 Å². The normalized spacial score (nSPS) is 10.7. The fraction of sp³-hybridized carbons (Fsp3) is 0.231. The van der Waals surface area contributed by atoms with Gasteiger partial charge in [0.25, 0.3) is 0 Å². The second kappa shape index (κ2) is 7.17. The Morgan fingerprint density at radius 3 is 2.73 bits per heavy atom. The number of hydrogen-bond donors (Lipinski definition) is 1. The lowest BCUT2D eigenvalue weighted by Crippen LogP contribution is -1.84. The predicted molar refractivity (Wildman–Crippen MR) is 66.6 cm³/mol. The molecule has 2 heteroatoms. The van der Waals surface area contributed by atoms with Crippen molar-refractivity contribution in [2.45, 2.75) is 6.92 Å². The van der Waals surface area contributed by atoms with Gasteiger partial charge in [0.1, 0.15) is 0 Å². The largest absolute Gasteiger partial charge is 0.391 e. The van der Waals surface area contributed by atoms with E-state index >= 15 is 0 Å². The summed E-state index contributed by atoms with van der Waals surface area (Å²) in [7, 11) is 0. The average Bonchev–Trinajstić information content (AvgIpc) is 2.29. The Kier molecular flexibility index (Phi) is 5.69. The van der Waals surface area contributed by atoms with E-state index in [4.69, 9.17) is 5.11 Å². The molecule has 0 fully saturated rings. The van der Waals surface area contributed by atoms with Gasteiger partial charge in [0.15, 0.2) is 0 Å². The molecule has 0 amide bonds. The minimum absolute atomic E-state index is 0.0714. The molecule has 0 atom stereocenters. The van der Waals surface area contributed by atoms with Crippen LogP contribution in [0.3, 0.4) is 0 Å². The molecule has 0 heterocycles. The first kappa shape index (κ1) is 11.9. The first-order chi connectivity index (χ1) is 7.36. The summed E-state index contributed by atoms with van der Waals surface area (Å²) < 4.78 is 0. The zero-order chi connectivity index (χ0) is 10.9. The maximum absolute atomic E-state index is 9.00. The summed E-state index contributed by atoms with van der Waals surface area (Å²) in [5.41, 5.74) is 0.993. The van der Waals surface area contributed by atoms with Crippen molar-refractivity contribution in [3.63, 3.8) is 0 Å². The van der Waals surface area contributed by atoms with E-state index in [0.29, 0.717) is 0 Å². The van der Waals surface area contributed by atoms with E-state index < -0.39 is 0 Å². The molecule has 1 rings (SSSR count). The van der Waals surface area contributed by atoms with Gasteiger partial charge in [-0.05, 0) is 17.9 Å². The molecule has 0 saturated carbocycles. The Morgan fingerprint density at radius 2 is 2.13 bits per heavy atom. The van der Waals surface area contributed by atoms with Crippen LogP contribution in [-0.4, -0.2) is 17.5 Å². The summed E-state index contributed by atoms with van der Waals surface area (Å²) >= 11 is 1.62. The summed E-state index contributed by atoms with van der Waals surface area (Å²) in [6.07, 6.45) is 1.78. The van der Waals surface area contributed by atoms with Crippen LogP contribution in [0, 0.1) is 11.8 Å². The number of aliphatic hydroxyl groups is 1. The zero-order valence-electron chi connectivity index (χ0n) is 8.73. The van der Waals surface area contributed by atoms with Crippen molar-refractivity contribution in [3.8, 4) is 11.8 Å². The molecular formula is C13H14OS. The first-order valence-electron chi connectivity index (χ1n) is 4.86. The predicted octanol–water partition coefficient (Wildman–Crippen LogP) is 2.67. The highest BCUT2D eigenvalue weighted by molar-refractivity contribution is 8.03. The monoisotopic (exact) mass is 218 g/mol. The van der Waals surface area contributed by atoms with Crippen LogP contribution in [0.25, 0.3) is 0 Å². The van der Waals surface area contributed by atoms with E-state index in [2.05, 4.69) is 18.8 Å². The van der Waals surface area contributed by atoms with E-state index in [-0.39, 0.29) is 6.61 Å². The lowest BCUT2D eigenvalue weighted by Gasteiger charge is -1.96. The third-order valence-corrected chi connectivity index (χ3v) is 2.62. The van der Waals surface area contributed by atoms with E-state index in [0.717, 1.165) is 16.2 Å². The number of benzene rings is 1. The highest BCUT2D eigenvalue weighted by atomic mass is 32.2. The van der Waals surface area contributed by atoms with Crippen LogP contribution in [0.4, 0.5) is 0 Å². The molecule has 0 aliphatic carbocycles. The van der Waals surface area contributed by atoms with Gasteiger partial charge in [-0.1, -0.05) is 37.0 Å². The Labute approximate surface area is 95.2 Å². The Morgan fingerprint density at radius 1 is 1.40 bits per heavy atom. The molecule has 0 saturated heterocycles. The Balaban J connectivity index is 2.65. The van der Waals surface area contributed by atoms with Gasteiger partial charge < -0.3 is 5.11 Å². The summed E-state index contributed by atoms with van der Waals surface area (Å²) in [6.45, 7) is 2.13. The number of allylic oxidation sites excluding steroid dienone is 1. The molecule has 0 spiro atoms. The molecule has 1 aromatic carbocycles. The smallest absolute Gasteiger partial charge is 0.0746 e. The summed E-state index contributed by atoms with van der Waals surface area (Å²) in [5.74, 6) is 6.92. The van der Waals surface area contributed by atoms with Crippen LogP contribution in [0.1, 0.15) is 12.5 Å². The van der Waals surface area contributed by atoms with E-state index in [1.54, 1.807) is 17.8 Å². The third kappa shape index (κ3) is 4.73. The Bertz CT molecular complexity index is 371. The molecule has 15 heavy (non-hydrogen) atoms. The number of rotatable bonds is 3. The maximum Gasteiger partial charge on any atom is 0.0746 e. The minimum Gasteiger partial charge on any atom is -0.391 e. The van der Waals surface area contributed by atoms with Crippen molar-refractivity contribution in [1.82, 2.24) is 0 Å². The molecule has 0 bridgehead atoms. The van der Waals surface area contributed by atoms with Crippen molar-refractivity contribution >= 4 is 11.8 Å². The topological polar surface area (TPSA) is 20.2 Å². The number of aliphatic hydroxyl groups excluding tert-OH is 1. The van der Waals surface area contributed by atoms with E-state index in [1.165, 1.54) is 0 Å². The van der Waals surface area contributed by atoms with Gasteiger partial charge in [-0.2, -0.15) is 0 Å². The lowest BCUT2D eigenvalue weighted by atomic mass is 10.2. The Hall–Kier alpha value is -1.17. The SMILES string of the molecule is CCSC(=CC#Cc1ccccc1)CO. The second-order valence-corrected chi connectivity index (χ2v) is 4.23. The maximum atomic E-state index is 9.00. The first-order valence-corrected chi connectivity index (χ1v) is 5.84. The minimum atomic E-state index is 0.0714. The number of hydrogen-bond acceptors (Lipinski definition) is 2. The van der Waals surface area contributed by atoms with Crippen molar-refractivity contribution < 1.29 is 5.11 Å². The zero-order valence-corrected chi connectivity index (χ0v) is 9.55. The standard InChI is InChI=1S/C13H14OS/c1-2-15-13(11-14)10-6-9-12-7-4-3-5-8-12/h3-5,7-8,10,14H,2,11H2,1H3. The van der Waals surface area contributed by atoms with Gasteiger partial charge >= 0.3 is 0 Å². The summed E-state index contributed by atoms with van der Waals surface area (Å²) in [4.78, 5) is 0.918. The van der Waals surface area contributed by atoms with Crippen molar-refractivity contribution in [1.29, 1.82) is 0 Å². The molecule has 0 aliphatic heterocycles. The highest BCUT2D eigenvalue weighted by Gasteiger charge is 1.90. The van der Waals surface area contributed by atoms with Crippen LogP contribution in [-0.2, 0) is 0 Å². The lowest BCUT2D eigenvalue weighted by molar-refractivity contribution is 0.339. The molecule has 1 aromatic rings. The molecule has 0 radical (unpaired) electrons. The molecule has 78 valence electrons. The quantitative estimate of drug-likeness (QED) is 0.787. The van der Waals surface area contributed by atoms with Gasteiger partial charge in [0.2, 0.25) is 0 Å². The fourth-order valence-electron chi connectivity index (χ4n) is 1.04. The van der Waals surface area contributed by atoms with Crippen molar-refractivity contribution in [3.05, 3.63) is 46.9 Å². The summed E-state index contributed by atoms with van der Waals surface area (Å²) in [6, 6.07) is 9.81. The fourth-order valence-corrected chi connectivity index (χ4v) is 1.64. The molecule has 0 unspecified atom stereocenters. The third-order valence-electron chi connectivity index (χ3n) is 1.71. The highest BCUT2D eigenvalue weighted by Crippen LogP contribution is 2.12. The van der Waals surface area contributed by atoms with Crippen LogP contribution in [0.15, 0.2) is 41.3 Å². The van der Waals surface area contributed by atoms with Crippen LogP contribution in [0.2, 0.25) is 0 Å². The second-order valence-electron chi connectivity index (χ2n) is 2.84. The van der Waals surface area contributed by atoms with Gasteiger partial charge in [0.05, 0.1) is 6.61 Å². The van der Waals surface area contributed by atoms with Gasteiger partial charge in [0, 0.05) is 16.5 Å². The van der Waals surface area contributed by atoms with Crippen molar-refractivity contribution in [2.24, 2.45) is 0 Å². The molecule has 1 nitrogen and oxygen atoms in total. The van der Waals surface area contributed by atoms with Gasteiger partial charge in [-0.15, -0.1) is 11.8 Å². The average molecular weight is 218 g/mol. The van der Waals surface area contributed by atoms with Crippen LogP contribution in [0.5, 0.6) is 0 Å². The summed E-state index contributed by atoms with van der Waals surface area (Å²) in [5, 5.41) is 9.00. The van der Waals surface area contributed by atoms with E-state index in [1.807, 2.05) is 30.3 Å². The molecule has 0 aliphatic rings. The van der Waals surface area contributed by atoms with Crippen LogP contribution >= 0.6 is 11.8 Å². The molecule has 0 aromatic heterocycles. The molecule has 1 N–H and O–H groups in total. The van der Waals surface area contributed by atoms with Gasteiger partial charge in [-0.3, -0.25) is 0 Å². The number of thioether (sulfide) groups is 1. The van der Waals surface area contributed by atoms with E-state index in [9.17, 15) is 0 Å². The molecular weight excluding hydrogens is 204 g/mol.